The highest BCUT2D eigenvalue weighted by Gasteiger charge is 2.34. The van der Waals surface area contributed by atoms with Crippen LogP contribution in [0.25, 0.3) is 0 Å². The van der Waals surface area contributed by atoms with Gasteiger partial charge in [0.25, 0.3) is 0 Å². The van der Waals surface area contributed by atoms with E-state index in [1.807, 2.05) is 18.2 Å². The van der Waals surface area contributed by atoms with Crippen LogP contribution in [-0.2, 0) is 0 Å². The summed E-state index contributed by atoms with van der Waals surface area (Å²) in [6.45, 7) is 5.61. The fourth-order valence-corrected chi connectivity index (χ4v) is 3.50. The van der Waals surface area contributed by atoms with Gasteiger partial charge in [0.05, 0.1) is 5.56 Å². The third kappa shape index (κ3) is 3.45. The number of nitrogens with one attached hydrogen (secondary N) is 1. The summed E-state index contributed by atoms with van der Waals surface area (Å²) in [7, 11) is 0. The smallest absolute Gasteiger partial charge is 0.101 e. The summed E-state index contributed by atoms with van der Waals surface area (Å²) in [4.78, 5) is 0. The Bertz CT molecular complexity index is 493. The molecule has 0 atom stereocenters. The summed E-state index contributed by atoms with van der Waals surface area (Å²) in [6, 6.07) is 7.77. The van der Waals surface area contributed by atoms with Gasteiger partial charge in [-0.15, -0.1) is 0 Å². The first-order valence-electron chi connectivity index (χ1n) is 7.58. The molecule has 2 rings (SSSR count). The summed E-state index contributed by atoms with van der Waals surface area (Å²) in [5, 5.41) is 12.6. The van der Waals surface area contributed by atoms with Gasteiger partial charge in [-0.05, 0) is 48.8 Å². The first-order valence-corrected chi connectivity index (χ1v) is 7.58. The van der Waals surface area contributed by atoms with Crippen LogP contribution in [0.1, 0.15) is 51.5 Å². The highest BCUT2D eigenvalue weighted by atomic mass is 14.9. The summed E-state index contributed by atoms with van der Waals surface area (Å²) in [5.74, 6) is 0.732. The summed E-state index contributed by atoms with van der Waals surface area (Å²) in [5.41, 5.74) is 8.30. The van der Waals surface area contributed by atoms with Crippen molar-refractivity contribution in [2.24, 2.45) is 11.3 Å². The molecular weight excluding hydrogens is 246 g/mol. The van der Waals surface area contributed by atoms with Crippen molar-refractivity contribution >= 4 is 11.4 Å². The van der Waals surface area contributed by atoms with E-state index in [9.17, 15) is 0 Å². The monoisotopic (exact) mass is 271 g/mol. The molecule has 1 saturated carbocycles. The van der Waals surface area contributed by atoms with Gasteiger partial charge in [-0.25, -0.2) is 0 Å². The molecule has 1 aromatic rings. The maximum atomic E-state index is 9.03. The van der Waals surface area contributed by atoms with Crippen LogP contribution >= 0.6 is 0 Å². The molecule has 0 heterocycles. The van der Waals surface area contributed by atoms with Crippen molar-refractivity contribution in [2.75, 3.05) is 17.6 Å². The second-order valence-electron chi connectivity index (χ2n) is 6.57. The first kappa shape index (κ1) is 14.7. The zero-order valence-corrected chi connectivity index (χ0v) is 12.6. The molecule has 108 valence electrons. The van der Waals surface area contributed by atoms with Gasteiger partial charge < -0.3 is 11.1 Å². The van der Waals surface area contributed by atoms with Crippen LogP contribution in [0.4, 0.5) is 11.4 Å². The first-order chi connectivity index (χ1) is 9.54. The molecule has 1 aliphatic carbocycles. The number of nitrogen functional groups attached to an aromatic ring is 1. The minimum atomic E-state index is 0.433. The Morgan fingerprint density at radius 1 is 1.35 bits per heavy atom. The van der Waals surface area contributed by atoms with E-state index in [2.05, 4.69) is 25.2 Å². The highest BCUT2D eigenvalue weighted by Crippen LogP contribution is 2.43. The second-order valence-corrected chi connectivity index (χ2v) is 6.57. The lowest BCUT2D eigenvalue weighted by atomic mass is 9.78. The summed E-state index contributed by atoms with van der Waals surface area (Å²) < 4.78 is 0. The van der Waals surface area contributed by atoms with Crippen LogP contribution in [-0.4, -0.2) is 6.54 Å². The Kier molecular flexibility index (Phi) is 4.54. The quantitative estimate of drug-likeness (QED) is 0.790. The van der Waals surface area contributed by atoms with Gasteiger partial charge in [0.15, 0.2) is 0 Å². The number of benzene rings is 1. The predicted molar refractivity (Wildman–Crippen MR) is 84.4 cm³/mol. The summed E-state index contributed by atoms with van der Waals surface area (Å²) >= 11 is 0. The van der Waals surface area contributed by atoms with E-state index in [1.54, 1.807) is 0 Å². The average Bonchev–Trinajstić information content (AvgIpc) is 2.86. The van der Waals surface area contributed by atoms with Crippen LogP contribution in [0.3, 0.4) is 0 Å². The zero-order valence-electron chi connectivity index (χ0n) is 12.6. The minimum Gasteiger partial charge on any atom is -0.398 e. The molecule has 3 nitrogen and oxygen atoms in total. The van der Waals surface area contributed by atoms with Crippen molar-refractivity contribution in [3.63, 3.8) is 0 Å². The molecule has 0 radical (unpaired) electrons. The highest BCUT2D eigenvalue weighted by molar-refractivity contribution is 5.61. The number of rotatable bonds is 5. The average molecular weight is 271 g/mol. The maximum Gasteiger partial charge on any atom is 0.101 e. The van der Waals surface area contributed by atoms with Crippen LogP contribution < -0.4 is 11.1 Å². The van der Waals surface area contributed by atoms with Crippen LogP contribution in [0.5, 0.6) is 0 Å². The van der Waals surface area contributed by atoms with Crippen molar-refractivity contribution in [1.29, 1.82) is 5.26 Å². The van der Waals surface area contributed by atoms with Gasteiger partial charge in [-0.1, -0.05) is 26.7 Å². The van der Waals surface area contributed by atoms with E-state index in [-0.39, 0.29) is 0 Å². The largest absolute Gasteiger partial charge is 0.398 e. The van der Waals surface area contributed by atoms with Crippen LogP contribution in [0, 0.1) is 22.7 Å². The van der Waals surface area contributed by atoms with Crippen molar-refractivity contribution in [2.45, 2.75) is 46.0 Å². The molecule has 0 aromatic heterocycles. The van der Waals surface area contributed by atoms with Crippen LogP contribution in [0.2, 0.25) is 0 Å². The molecule has 1 aromatic carbocycles. The van der Waals surface area contributed by atoms with Gasteiger partial charge in [0.1, 0.15) is 6.07 Å². The van der Waals surface area contributed by atoms with E-state index in [4.69, 9.17) is 11.0 Å². The second kappa shape index (κ2) is 6.17. The third-order valence-electron chi connectivity index (χ3n) is 4.35. The zero-order chi connectivity index (χ0) is 14.6. The SMILES string of the molecule is CC(C)CC1(CNc2ccc(N)c(C#N)c2)CCCC1. The molecule has 20 heavy (non-hydrogen) atoms. The molecule has 0 amide bonds. The van der Waals surface area contributed by atoms with Gasteiger partial charge in [-0.3, -0.25) is 0 Å². The van der Waals surface area contributed by atoms with Gasteiger partial charge in [-0.2, -0.15) is 5.26 Å². The topological polar surface area (TPSA) is 61.8 Å². The molecule has 3 heteroatoms. The molecule has 3 N–H and O–H groups in total. The molecule has 1 aliphatic rings. The van der Waals surface area contributed by atoms with E-state index in [0.717, 1.165) is 18.2 Å². The lowest BCUT2D eigenvalue weighted by Crippen LogP contribution is -2.28. The Balaban J connectivity index is 2.04. The predicted octanol–water partition coefficient (Wildman–Crippen LogP) is 4.16. The normalized spacial score (nSPS) is 17.1. The van der Waals surface area contributed by atoms with Crippen molar-refractivity contribution in [3.8, 4) is 6.07 Å². The lowest BCUT2D eigenvalue weighted by molar-refractivity contribution is 0.252. The summed E-state index contributed by atoms with van der Waals surface area (Å²) in [6.07, 6.45) is 6.61. The standard InChI is InChI=1S/C17H25N3/c1-13(2)10-17(7-3-4-8-17)12-20-15-5-6-16(19)14(9-15)11-18/h5-6,9,13,20H,3-4,7-8,10,12,19H2,1-2H3. The Morgan fingerprint density at radius 3 is 2.65 bits per heavy atom. The van der Waals surface area contributed by atoms with E-state index in [0.29, 0.717) is 16.7 Å². The molecular formula is C17H25N3. The third-order valence-corrected chi connectivity index (χ3v) is 4.35. The number of hydrogen-bond acceptors (Lipinski definition) is 3. The van der Waals surface area contributed by atoms with E-state index >= 15 is 0 Å². The Morgan fingerprint density at radius 2 is 2.05 bits per heavy atom. The molecule has 0 aliphatic heterocycles. The van der Waals surface area contributed by atoms with Crippen molar-refractivity contribution < 1.29 is 0 Å². The molecule has 0 bridgehead atoms. The Hall–Kier alpha value is -1.69. The Labute approximate surface area is 122 Å². The number of nitriles is 1. The number of anilines is 2. The van der Waals surface area contributed by atoms with Gasteiger partial charge >= 0.3 is 0 Å². The van der Waals surface area contributed by atoms with Crippen molar-refractivity contribution in [1.82, 2.24) is 0 Å². The molecule has 1 fully saturated rings. The fourth-order valence-electron chi connectivity index (χ4n) is 3.50. The minimum absolute atomic E-state index is 0.433. The number of hydrogen-bond donors (Lipinski definition) is 2. The molecule has 0 spiro atoms. The van der Waals surface area contributed by atoms with Crippen molar-refractivity contribution in [3.05, 3.63) is 23.8 Å². The number of nitrogens with two attached hydrogens (primary N) is 1. The van der Waals surface area contributed by atoms with E-state index in [1.165, 1.54) is 32.1 Å². The number of nitrogens with zero attached hydrogens (tertiary/aromatic N) is 1. The lowest BCUT2D eigenvalue weighted by Gasteiger charge is -2.31. The molecule has 0 saturated heterocycles. The molecule has 0 unspecified atom stereocenters. The maximum absolute atomic E-state index is 9.03. The van der Waals surface area contributed by atoms with Gasteiger partial charge in [0, 0.05) is 17.9 Å². The van der Waals surface area contributed by atoms with Gasteiger partial charge in [0.2, 0.25) is 0 Å². The van der Waals surface area contributed by atoms with E-state index < -0.39 is 0 Å². The van der Waals surface area contributed by atoms with Crippen LogP contribution in [0.15, 0.2) is 18.2 Å². The fraction of sp³-hybridized carbons (Fsp3) is 0.588.